The van der Waals surface area contributed by atoms with E-state index in [9.17, 15) is 0 Å². The maximum atomic E-state index is 5.67. The van der Waals surface area contributed by atoms with Crippen LogP contribution in [0.2, 0.25) is 0 Å². The van der Waals surface area contributed by atoms with E-state index in [1.165, 1.54) is 25.8 Å². The van der Waals surface area contributed by atoms with Gasteiger partial charge in [-0.3, -0.25) is 0 Å². The van der Waals surface area contributed by atoms with Crippen LogP contribution in [0.1, 0.15) is 32.6 Å². The normalized spacial score (nSPS) is 20.4. The fourth-order valence-electron chi connectivity index (χ4n) is 2.49. The van der Waals surface area contributed by atoms with Gasteiger partial charge in [-0.25, -0.2) is 4.98 Å². The van der Waals surface area contributed by atoms with Crippen molar-refractivity contribution < 1.29 is 0 Å². The molecule has 1 aromatic rings. The molecule has 0 radical (unpaired) electrons. The van der Waals surface area contributed by atoms with Gasteiger partial charge in [-0.15, -0.1) is 0 Å². The fourth-order valence-corrected chi connectivity index (χ4v) is 2.89. The number of nitrogens with one attached hydrogen (secondary N) is 1. The molecule has 0 aromatic carbocycles. The number of nitrogens with zero attached hydrogens (tertiary/aromatic N) is 3. The van der Waals surface area contributed by atoms with E-state index in [1.54, 1.807) is 6.07 Å². The number of likely N-dealkylation sites (tertiary alicyclic amines) is 1. The zero-order valence-electron chi connectivity index (χ0n) is 11.4. The molecule has 1 fully saturated rings. The summed E-state index contributed by atoms with van der Waals surface area (Å²) in [6, 6.07) is 2.42. The third-order valence-electron chi connectivity index (χ3n) is 3.56. The summed E-state index contributed by atoms with van der Waals surface area (Å²) < 4.78 is 0.715. The van der Waals surface area contributed by atoms with Crippen molar-refractivity contribution in [1.82, 2.24) is 14.9 Å². The Labute approximate surface area is 123 Å². The van der Waals surface area contributed by atoms with E-state index in [-0.39, 0.29) is 0 Å². The monoisotopic (exact) mass is 327 g/mol. The number of aromatic nitrogens is 2. The van der Waals surface area contributed by atoms with Crippen LogP contribution in [0.5, 0.6) is 0 Å². The Balaban J connectivity index is 1.71. The van der Waals surface area contributed by atoms with Gasteiger partial charge in [0.05, 0.1) is 0 Å². The van der Waals surface area contributed by atoms with Crippen LogP contribution in [0.15, 0.2) is 10.7 Å². The predicted molar refractivity (Wildman–Crippen MR) is 82.1 cm³/mol. The average Bonchev–Trinajstić information content (AvgIpc) is 2.35. The number of hydrogen-bond donors (Lipinski definition) is 2. The van der Waals surface area contributed by atoms with Crippen LogP contribution in [-0.4, -0.2) is 40.5 Å². The summed E-state index contributed by atoms with van der Waals surface area (Å²) in [6.45, 7) is 5.57. The molecule has 3 N–H and O–H groups in total. The smallest absolute Gasteiger partial charge is 0.225 e. The second-order valence-electron chi connectivity index (χ2n) is 5.10. The Morgan fingerprint density at radius 1 is 1.47 bits per heavy atom. The van der Waals surface area contributed by atoms with Crippen molar-refractivity contribution in [1.29, 1.82) is 0 Å². The molecule has 1 saturated heterocycles. The molecule has 0 saturated carbocycles. The van der Waals surface area contributed by atoms with E-state index in [2.05, 4.69) is 43.0 Å². The van der Waals surface area contributed by atoms with Crippen LogP contribution in [-0.2, 0) is 0 Å². The highest BCUT2D eigenvalue weighted by Gasteiger charge is 2.16. The van der Waals surface area contributed by atoms with Gasteiger partial charge in [0.25, 0.3) is 0 Å². The van der Waals surface area contributed by atoms with Gasteiger partial charge in [0, 0.05) is 25.2 Å². The summed E-state index contributed by atoms with van der Waals surface area (Å²) in [5, 5.41) is 3.22. The Kier molecular flexibility index (Phi) is 5.39. The number of nitrogen functional groups attached to an aromatic ring is 1. The lowest BCUT2D eigenvalue weighted by Gasteiger charge is -2.33. The first-order valence-corrected chi connectivity index (χ1v) is 7.72. The summed E-state index contributed by atoms with van der Waals surface area (Å²) in [5.74, 6) is 1.08. The Hall–Kier alpha value is -0.880. The van der Waals surface area contributed by atoms with Crippen molar-refractivity contribution in [3.05, 3.63) is 10.7 Å². The van der Waals surface area contributed by atoms with Gasteiger partial charge in [-0.1, -0.05) is 6.42 Å². The number of nitrogens with two attached hydrogens (primary N) is 1. The van der Waals surface area contributed by atoms with E-state index in [0.29, 0.717) is 16.4 Å². The molecule has 1 aromatic heterocycles. The van der Waals surface area contributed by atoms with E-state index < -0.39 is 0 Å². The van der Waals surface area contributed by atoms with Gasteiger partial charge >= 0.3 is 0 Å². The van der Waals surface area contributed by atoms with Crippen LogP contribution >= 0.6 is 15.9 Å². The van der Waals surface area contributed by atoms with Gasteiger partial charge in [-0.2, -0.15) is 4.98 Å². The first kappa shape index (κ1) is 14.5. The number of hydrogen-bond acceptors (Lipinski definition) is 5. The molecule has 1 unspecified atom stereocenters. The van der Waals surface area contributed by atoms with Crippen molar-refractivity contribution in [2.45, 2.75) is 38.6 Å². The largest absolute Gasteiger partial charge is 0.383 e. The molecule has 2 rings (SSSR count). The van der Waals surface area contributed by atoms with E-state index in [1.807, 2.05) is 0 Å². The lowest BCUT2D eigenvalue weighted by Crippen LogP contribution is -2.38. The third kappa shape index (κ3) is 4.62. The van der Waals surface area contributed by atoms with Gasteiger partial charge in [-0.05, 0) is 48.7 Å². The quantitative estimate of drug-likeness (QED) is 0.642. The number of halogens is 1. The number of anilines is 2. The third-order valence-corrected chi connectivity index (χ3v) is 3.97. The van der Waals surface area contributed by atoms with Crippen molar-refractivity contribution >= 4 is 27.7 Å². The minimum absolute atomic E-state index is 0.481. The molecule has 19 heavy (non-hydrogen) atoms. The van der Waals surface area contributed by atoms with Crippen LogP contribution in [0.3, 0.4) is 0 Å². The van der Waals surface area contributed by atoms with Crippen molar-refractivity contribution in [3.8, 4) is 0 Å². The zero-order chi connectivity index (χ0) is 13.7. The topological polar surface area (TPSA) is 67.1 Å². The molecule has 106 valence electrons. The molecule has 1 atom stereocenters. The number of piperidine rings is 1. The lowest BCUT2D eigenvalue weighted by atomic mass is 10.0. The van der Waals surface area contributed by atoms with Gasteiger partial charge in [0.2, 0.25) is 5.95 Å². The first-order valence-electron chi connectivity index (χ1n) is 6.93. The molecule has 0 spiro atoms. The highest BCUT2D eigenvalue weighted by molar-refractivity contribution is 9.10. The first-order chi connectivity index (χ1) is 9.15. The molecular formula is C13H22BrN5. The molecular weight excluding hydrogens is 306 g/mol. The van der Waals surface area contributed by atoms with E-state index >= 15 is 0 Å². The van der Waals surface area contributed by atoms with E-state index in [4.69, 9.17) is 5.73 Å². The maximum absolute atomic E-state index is 5.67. The lowest BCUT2D eigenvalue weighted by molar-refractivity contribution is 0.160. The SMILES string of the molecule is CC1CCCCN1CCCNc1nc(N)cc(Br)n1. The van der Waals surface area contributed by atoms with Crippen molar-refractivity contribution in [3.63, 3.8) is 0 Å². The highest BCUT2D eigenvalue weighted by atomic mass is 79.9. The minimum Gasteiger partial charge on any atom is -0.383 e. The summed E-state index contributed by atoms with van der Waals surface area (Å²) in [7, 11) is 0. The molecule has 1 aliphatic heterocycles. The fraction of sp³-hybridized carbons (Fsp3) is 0.692. The van der Waals surface area contributed by atoms with Gasteiger partial charge in [0.1, 0.15) is 10.4 Å². The molecule has 2 heterocycles. The van der Waals surface area contributed by atoms with Gasteiger partial charge < -0.3 is 16.0 Å². The second kappa shape index (κ2) is 7.05. The molecule has 0 amide bonds. The molecule has 6 heteroatoms. The van der Waals surface area contributed by atoms with Crippen LogP contribution in [0.25, 0.3) is 0 Å². The highest BCUT2D eigenvalue weighted by Crippen LogP contribution is 2.16. The molecule has 5 nitrogen and oxygen atoms in total. The Morgan fingerprint density at radius 2 is 2.32 bits per heavy atom. The minimum atomic E-state index is 0.481. The molecule has 0 aliphatic carbocycles. The van der Waals surface area contributed by atoms with Crippen LogP contribution in [0.4, 0.5) is 11.8 Å². The summed E-state index contributed by atoms with van der Waals surface area (Å²) in [5.41, 5.74) is 5.67. The molecule has 0 bridgehead atoms. The second-order valence-corrected chi connectivity index (χ2v) is 5.91. The van der Waals surface area contributed by atoms with E-state index in [0.717, 1.165) is 25.6 Å². The van der Waals surface area contributed by atoms with Crippen molar-refractivity contribution in [2.75, 3.05) is 30.7 Å². The predicted octanol–water partition coefficient (Wildman–Crippen LogP) is 2.50. The average molecular weight is 328 g/mol. The Morgan fingerprint density at radius 3 is 3.05 bits per heavy atom. The summed E-state index contributed by atoms with van der Waals surface area (Å²) in [6.07, 6.45) is 5.14. The standard InChI is InChI=1S/C13H22BrN5/c1-10-5-2-3-7-19(10)8-4-6-16-13-17-11(14)9-12(15)18-13/h9-10H,2-8H2,1H3,(H3,15,16,17,18). The Bertz CT molecular complexity index is 392. The van der Waals surface area contributed by atoms with Crippen molar-refractivity contribution in [2.24, 2.45) is 0 Å². The van der Waals surface area contributed by atoms with Crippen LogP contribution in [0, 0.1) is 0 Å². The zero-order valence-corrected chi connectivity index (χ0v) is 13.0. The van der Waals surface area contributed by atoms with Crippen LogP contribution < -0.4 is 11.1 Å². The number of rotatable bonds is 5. The summed E-state index contributed by atoms with van der Waals surface area (Å²) >= 11 is 3.31. The summed E-state index contributed by atoms with van der Waals surface area (Å²) in [4.78, 5) is 11.0. The maximum Gasteiger partial charge on any atom is 0.225 e. The molecule has 1 aliphatic rings. The van der Waals surface area contributed by atoms with Gasteiger partial charge in [0.15, 0.2) is 0 Å².